The van der Waals surface area contributed by atoms with Crippen molar-refractivity contribution in [1.82, 2.24) is 5.32 Å². The molecule has 0 spiro atoms. The fourth-order valence-corrected chi connectivity index (χ4v) is 1.68. The molecule has 17 heavy (non-hydrogen) atoms. The van der Waals surface area contributed by atoms with Gasteiger partial charge in [-0.05, 0) is 6.42 Å². The molecule has 0 rings (SSSR count). The molecular formula is C9H16NO6P. The molecule has 0 aliphatic carbocycles. The summed E-state index contributed by atoms with van der Waals surface area (Å²) in [7, 11) is -3.30. The molecule has 0 saturated heterocycles. The predicted octanol–water partition coefficient (Wildman–Crippen LogP) is 0.642. The molecule has 1 amide bonds. The normalized spacial score (nSPS) is 15.4. The number of carboxylic acid groups (broad SMARTS) is 1. The lowest BCUT2D eigenvalue weighted by molar-refractivity contribution is -0.139. The molecule has 2 atom stereocenters. The summed E-state index contributed by atoms with van der Waals surface area (Å²) in [5.74, 6) is -1.28. The molecule has 0 aromatic rings. The number of ether oxygens (including phenoxy) is 1. The minimum absolute atomic E-state index is 0.0373. The van der Waals surface area contributed by atoms with E-state index in [0.717, 1.165) is 6.66 Å². The fraction of sp³-hybridized carbons (Fsp3) is 0.556. The van der Waals surface area contributed by atoms with Crippen molar-refractivity contribution >= 4 is 19.4 Å². The summed E-state index contributed by atoms with van der Waals surface area (Å²) in [6.45, 7) is 4.41. The maximum atomic E-state index is 11.1. The van der Waals surface area contributed by atoms with E-state index in [1.807, 2.05) is 0 Å². The summed E-state index contributed by atoms with van der Waals surface area (Å²) in [6, 6.07) is -1.24. The highest BCUT2D eigenvalue weighted by molar-refractivity contribution is 7.57. The van der Waals surface area contributed by atoms with Gasteiger partial charge in [0.2, 0.25) is 0 Å². The lowest BCUT2D eigenvalue weighted by Crippen LogP contribution is -2.41. The van der Waals surface area contributed by atoms with Crippen LogP contribution in [-0.4, -0.2) is 47.5 Å². The Bertz CT molecular complexity index is 336. The van der Waals surface area contributed by atoms with Crippen molar-refractivity contribution in [1.29, 1.82) is 0 Å². The van der Waals surface area contributed by atoms with Crippen LogP contribution in [0.1, 0.15) is 6.42 Å². The Morgan fingerprint density at radius 2 is 2.18 bits per heavy atom. The Kier molecular flexibility index (Phi) is 6.53. The second kappa shape index (κ2) is 7.09. The number of rotatable bonds is 7. The third-order valence-electron chi connectivity index (χ3n) is 1.76. The van der Waals surface area contributed by atoms with E-state index in [4.69, 9.17) is 10.00 Å². The Labute approximate surface area is 98.9 Å². The van der Waals surface area contributed by atoms with Crippen molar-refractivity contribution in [3.8, 4) is 0 Å². The molecule has 7 nitrogen and oxygen atoms in total. The van der Waals surface area contributed by atoms with Crippen LogP contribution in [-0.2, 0) is 14.1 Å². The van der Waals surface area contributed by atoms with E-state index in [-0.39, 0.29) is 19.2 Å². The number of hydrogen-bond donors (Lipinski definition) is 3. The smallest absolute Gasteiger partial charge is 0.408 e. The van der Waals surface area contributed by atoms with Crippen molar-refractivity contribution in [3.63, 3.8) is 0 Å². The van der Waals surface area contributed by atoms with Crippen LogP contribution in [0.5, 0.6) is 0 Å². The predicted molar refractivity (Wildman–Crippen MR) is 61.3 cm³/mol. The first-order valence-corrected chi connectivity index (χ1v) is 7.11. The third kappa shape index (κ3) is 8.47. The van der Waals surface area contributed by atoms with Gasteiger partial charge in [0.05, 0.1) is 0 Å². The monoisotopic (exact) mass is 265 g/mol. The molecule has 98 valence electrons. The van der Waals surface area contributed by atoms with Crippen molar-refractivity contribution in [2.45, 2.75) is 12.5 Å². The van der Waals surface area contributed by atoms with E-state index in [1.165, 1.54) is 6.08 Å². The number of carbonyl (C=O) groups is 2. The van der Waals surface area contributed by atoms with Gasteiger partial charge in [0.15, 0.2) is 7.37 Å². The van der Waals surface area contributed by atoms with Gasteiger partial charge in [-0.3, -0.25) is 4.57 Å². The summed E-state index contributed by atoms with van der Waals surface area (Å²) in [6.07, 6.45) is 0.110. The number of nitrogens with one attached hydrogen (secondary N) is 1. The highest BCUT2D eigenvalue weighted by Crippen LogP contribution is 2.35. The van der Waals surface area contributed by atoms with Gasteiger partial charge in [0.1, 0.15) is 12.6 Å². The standard InChI is InChI=1S/C9H16NO6P/c1-3-5-16-9(13)10-7(8(11)12)4-6-17(2,14)15/h3,7H,1,4-6H2,2H3,(H,10,13)(H,11,12)(H,14,15). The summed E-state index contributed by atoms with van der Waals surface area (Å²) in [4.78, 5) is 30.9. The van der Waals surface area contributed by atoms with E-state index in [0.29, 0.717) is 0 Å². The van der Waals surface area contributed by atoms with Gasteiger partial charge in [-0.1, -0.05) is 12.7 Å². The van der Waals surface area contributed by atoms with Gasteiger partial charge >= 0.3 is 12.1 Å². The van der Waals surface area contributed by atoms with Crippen LogP contribution in [0.3, 0.4) is 0 Å². The van der Waals surface area contributed by atoms with Crippen molar-refractivity contribution < 1.29 is 28.9 Å². The Morgan fingerprint density at radius 3 is 2.59 bits per heavy atom. The largest absolute Gasteiger partial charge is 0.480 e. The molecule has 3 N–H and O–H groups in total. The van der Waals surface area contributed by atoms with Crippen molar-refractivity contribution in [2.75, 3.05) is 19.4 Å². The maximum absolute atomic E-state index is 11.1. The SMILES string of the molecule is C=CCOC(=O)NC(CCP(C)(=O)O)C(=O)O. The van der Waals surface area contributed by atoms with E-state index < -0.39 is 25.5 Å². The van der Waals surface area contributed by atoms with Crippen molar-refractivity contribution in [2.24, 2.45) is 0 Å². The molecule has 0 aromatic carbocycles. The minimum atomic E-state index is -3.30. The lowest BCUT2D eigenvalue weighted by Gasteiger charge is -2.14. The molecule has 8 heteroatoms. The van der Waals surface area contributed by atoms with Crippen LogP contribution in [0.2, 0.25) is 0 Å². The summed E-state index contributed by atoms with van der Waals surface area (Å²) in [5.41, 5.74) is 0. The van der Waals surface area contributed by atoms with Gasteiger partial charge in [-0.15, -0.1) is 0 Å². The molecule has 0 aliphatic heterocycles. The van der Waals surface area contributed by atoms with Gasteiger partial charge in [0, 0.05) is 12.8 Å². The van der Waals surface area contributed by atoms with E-state index in [1.54, 1.807) is 0 Å². The number of carbonyl (C=O) groups excluding carboxylic acids is 1. The molecule has 0 bridgehead atoms. The van der Waals surface area contributed by atoms with Crippen molar-refractivity contribution in [3.05, 3.63) is 12.7 Å². The zero-order valence-corrected chi connectivity index (χ0v) is 10.4. The molecule has 2 unspecified atom stereocenters. The van der Waals surface area contributed by atoms with Gasteiger partial charge in [-0.25, -0.2) is 9.59 Å². The molecule has 0 heterocycles. The lowest BCUT2D eigenvalue weighted by atomic mass is 10.2. The summed E-state index contributed by atoms with van der Waals surface area (Å²) < 4.78 is 15.5. The molecule has 0 fully saturated rings. The first-order chi connectivity index (χ1) is 7.76. The second-order valence-electron chi connectivity index (χ2n) is 3.49. The molecular weight excluding hydrogens is 249 g/mol. The van der Waals surface area contributed by atoms with Crippen LogP contribution in [0.15, 0.2) is 12.7 Å². The quantitative estimate of drug-likeness (QED) is 0.460. The van der Waals surface area contributed by atoms with E-state index in [9.17, 15) is 14.2 Å². The average Bonchev–Trinajstić information content (AvgIpc) is 2.19. The molecule has 0 aliphatic rings. The molecule has 0 saturated carbocycles. The second-order valence-corrected chi connectivity index (χ2v) is 6.03. The highest BCUT2D eigenvalue weighted by Gasteiger charge is 2.23. The number of hydrogen-bond acceptors (Lipinski definition) is 4. The topological polar surface area (TPSA) is 113 Å². The fourth-order valence-electron chi connectivity index (χ4n) is 0.945. The molecule has 0 radical (unpaired) electrons. The van der Waals surface area contributed by atoms with Crippen LogP contribution in [0, 0.1) is 0 Å². The van der Waals surface area contributed by atoms with E-state index >= 15 is 0 Å². The van der Waals surface area contributed by atoms with Gasteiger partial charge < -0.3 is 20.1 Å². The number of amides is 1. The van der Waals surface area contributed by atoms with Crippen LogP contribution in [0.25, 0.3) is 0 Å². The zero-order chi connectivity index (χ0) is 13.5. The highest BCUT2D eigenvalue weighted by atomic mass is 31.2. The first-order valence-electron chi connectivity index (χ1n) is 4.82. The number of carboxylic acids is 1. The van der Waals surface area contributed by atoms with Crippen LogP contribution >= 0.6 is 7.37 Å². The van der Waals surface area contributed by atoms with E-state index in [2.05, 4.69) is 16.6 Å². The minimum Gasteiger partial charge on any atom is -0.480 e. The Morgan fingerprint density at radius 1 is 1.59 bits per heavy atom. The number of aliphatic carboxylic acids is 1. The Hall–Kier alpha value is -1.33. The zero-order valence-electron chi connectivity index (χ0n) is 9.46. The van der Waals surface area contributed by atoms with Crippen LogP contribution < -0.4 is 5.32 Å². The average molecular weight is 265 g/mol. The molecule has 0 aromatic heterocycles. The first kappa shape index (κ1) is 15.7. The van der Waals surface area contributed by atoms with Crippen LogP contribution in [0.4, 0.5) is 4.79 Å². The van der Waals surface area contributed by atoms with Gasteiger partial charge in [0.25, 0.3) is 0 Å². The third-order valence-corrected chi connectivity index (χ3v) is 2.84. The summed E-state index contributed by atoms with van der Waals surface area (Å²) >= 11 is 0. The Balaban J connectivity index is 4.25. The number of alkyl carbamates (subject to hydrolysis) is 1. The maximum Gasteiger partial charge on any atom is 0.408 e. The van der Waals surface area contributed by atoms with Gasteiger partial charge in [-0.2, -0.15) is 0 Å². The summed E-state index contributed by atoms with van der Waals surface area (Å²) in [5, 5.41) is 10.9.